The number of likely N-dealkylation sites (N-methyl/N-ethyl adjacent to an activating group) is 1. The van der Waals surface area contributed by atoms with Gasteiger partial charge in [0, 0.05) is 12.8 Å². The number of phosphoric ester groups is 1. The monoisotopic (exact) mass is 1240 g/mol. The van der Waals surface area contributed by atoms with Crippen LogP contribution in [0.4, 0.5) is 0 Å². The lowest BCUT2D eigenvalue weighted by atomic mass is 10.0. The molecule has 0 rings (SSSR count). The molecule has 0 saturated heterocycles. The lowest BCUT2D eigenvalue weighted by Gasteiger charge is -2.28. The molecule has 0 bridgehead atoms. The second kappa shape index (κ2) is 66.8. The van der Waals surface area contributed by atoms with E-state index in [0.29, 0.717) is 17.4 Å². The van der Waals surface area contributed by atoms with E-state index in [1.165, 1.54) is 77.0 Å². The average Bonchev–Trinajstić information content (AvgIpc) is 3.57. The molecular formula is C78H128NO8P. The molecule has 0 aliphatic heterocycles. The minimum Gasteiger partial charge on any atom is -0.756 e. The summed E-state index contributed by atoms with van der Waals surface area (Å²) in [5, 5.41) is 0. The summed E-state index contributed by atoms with van der Waals surface area (Å²) in [6, 6.07) is 0. The van der Waals surface area contributed by atoms with Crippen LogP contribution in [-0.4, -0.2) is 70.0 Å². The Balaban J connectivity index is 4.15. The Hall–Kier alpha value is -4.63. The van der Waals surface area contributed by atoms with Crippen molar-refractivity contribution >= 4 is 19.8 Å². The van der Waals surface area contributed by atoms with Gasteiger partial charge in [0.2, 0.25) is 0 Å². The van der Waals surface area contributed by atoms with E-state index in [-0.39, 0.29) is 26.1 Å². The Labute approximate surface area is 540 Å². The molecule has 0 spiro atoms. The fraction of sp³-hybridized carbons (Fsp3) is 0.615. The topological polar surface area (TPSA) is 111 Å². The smallest absolute Gasteiger partial charge is 0.306 e. The van der Waals surface area contributed by atoms with E-state index in [1.807, 2.05) is 21.1 Å². The van der Waals surface area contributed by atoms with E-state index in [4.69, 9.17) is 18.5 Å². The number of nitrogens with zero attached hydrogens (tertiary/aromatic N) is 1. The van der Waals surface area contributed by atoms with Crippen molar-refractivity contribution in [1.82, 2.24) is 0 Å². The largest absolute Gasteiger partial charge is 0.756 e. The van der Waals surface area contributed by atoms with E-state index in [9.17, 15) is 19.0 Å². The molecule has 0 aromatic heterocycles. The number of phosphoric acid groups is 1. The molecule has 2 atom stereocenters. The van der Waals surface area contributed by atoms with E-state index >= 15 is 0 Å². The minimum absolute atomic E-state index is 0.0420. The van der Waals surface area contributed by atoms with Crippen LogP contribution < -0.4 is 4.89 Å². The van der Waals surface area contributed by atoms with Crippen molar-refractivity contribution in [3.63, 3.8) is 0 Å². The Bertz CT molecular complexity index is 2090. The van der Waals surface area contributed by atoms with Gasteiger partial charge in [0.25, 0.3) is 7.82 Å². The van der Waals surface area contributed by atoms with Crippen molar-refractivity contribution in [1.29, 1.82) is 0 Å². The highest BCUT2D eigenvalue weighted by molar-refractivity contribution is 7.45. The first-order chi connectivity index (χ1) is 43.0. The summed E-state index contributed by atoms with van der Waals surface area (Å²) in [6.45, 7) is 3.99. The number of hydrogen-bond acceptors (Lipinski definition) is 8. The standard InChI is InChI=1S/C78H128NO8P/c1-6-8-10-12-14-16-18-20-22-24-26-28-30-32-34-36-37-38-39-40-41-43-45-47-49-51-53-55-57-59-61-63-65-67-69-71-78(81)87-76(75-86-88(82,83)85-73-72-79(3,4)5)74-84-77(80)70-68-66-64-62-60-58-56-54-52-50-48-46-44-42-35-33-31-29-27-25-23-21-19-17-15-13-11-9-7-2/h8-11,14-17,20-23,26-29,32-35,37-38,40-41,45,47,51,53,76H,6-7,12-13,18-19,24-25,30-31,36,39,42-44,46,48-50,52,54-75H2,1-5H3/b10-8-,11-9-,16-14-,17-15-,22-20-,23-21-,28-26-,29-27-,34-32-,35-33-,38-37-,41-40-,47-45-,53-51-. The molecule has 0 saturated carbocycles. The van der Waals surface area contributed by atoms with Gasteiger partial charge < -0.3 is 27.9 Å². The normalized spacial score (nSPS) is 14.2. The third-order valence-electron chi connectivity index (χ3n) is 14.2. The fourth-order valence-corrected chi connectivity index (χ4v) is 9.70. The third-order valence-corrected chi connectivity index (χ3v) is 15.2. The van der Waals surface area contributed by atoms with E-state index < -0.39 is 32.5 Å². The third kappa shape index (κ3) is 70.5. The first-order valence-electron chi connectivity index (χ1n) is 34.8. The van der Waals surface area contributed by atoms with Crippen LogP contribution in [-0.2, 0) is 32.7 Å². The first-order valence-corrected chi connectivity index (χ1v) is 36.3. The van der Waals surface area contributed by atoms with Crippen molar-refractivity contribution in [2.24, 2.45) is 0 Å². The van der Waals surface area contributed by atoms with E-state index in [0.717, 1.165) is 148 Å². The summed E-state index contributed by atoms with van der Waals surface area (Å²) in [7, 11) is 1.14. The zero-order valence-corrected chi connectivity index (χ0v) is 57.5. The lowest BCUT2D eigenvalue weighted by Crippen LogP contribution is -2.37. The summed E-state index contributed by atoms with van der Waals surface area (Å²) in [5.41, 5.74) is 0. The number of ether oxygens (including phenoxy) is 2. The van der Waals surface area contributed by atoms with Crippen molar-refractivity contribution in [2.75, 3.05) is 47.5 Å². The fourth-order valence-electron chi connectivity index (χ4n) is 8.97. The highest BCUT2D eigenvalue weighted by Crippen LogP contribution is 2.38. The van der Waals surface area contributed by atoms with Crippen LogP contribution in [0.5, 0.6) is 0 Å². The first kappa shape index (κ1) is 83.4. The molecule has 0 aliphatic carbocycles. The van der Waals surface area contributed by atoms with Gasteiger partial charge in [-0.3, -0.25) is 14.2 Å². The van der Waals surface area contributed by atoms with Gasteiger partial charge in [-0.1, -0.05) is 287 Å². The molecule has 0 aliphatic rings. The van der Waals surface area contributed by atoms with Gasteiger partial charge in [-0.2, -0.15) is 0 Å². The van der Waals surface area contributed by atoms with Crippen molar-refractivity contribution < 1.29 is 42.1 Å². The highest BCUT2D eigenvalue weighted by Gasteiger charge is 2.22. The molecule has 0 aromatic rings. The SMILES string of the molecule is CC/C=C\C/C=C\C/C=C\C/C=C\C/C=C\C/C=C\C/C=C\C/C=C\C/C=C\CCCCCCCCCC(=O)OC(COC(=O)CCCCCCCCCCCCCCC/C=C\C/C=C\C/C=C\C/C=C\C/C=C\CC)COP(=O)([O-])OCC[N+](C)(C)C. The molecule has 0 N–H and O–H groups in total. The van der Waals surface area contributed by atoms with Crippen LogP contribution in [0.2, 0.25) is 0 Å². The van der Waals surface area contributed by atoms with Gasteiger partial charge in [0.05, 0.1) is 27.7 Å². The van der Waals surface area contributed by atoms with Crippen LogP contribution >= 0.6 is 7.82 Å². The Kier molecular flexibility index (Phi) is 63.3. The van der Waals surface area contributed by atoms with Crippen molar-refractivity contribution in [3.05, 3.63) is 170 Å². The predicted molar refractivity (Wildman–Crippen MR) is 378 cm³/mol. The van der Waals surface area contributed by atoms with Gasteiger partial charge >= 0.3 is 11.9 Å². The molecule has 2 unspecified atom stereocenters. The number of esters is 2. The van der Waals surface area contributed by atoms with Gasteiger partial charge in [-0.25, -0.2) is 0 Å². The molecule has 0 heterocycles. The van der Waals surface area contributed by atoms with Crippen molar-refractivity contribution in [3.8, 4) is 0 Å². The van der Waals surface area contributed by atoms with Gasteiger partial charge in [-0.05, 0) is 128 Å². The number of rotatable bonds is 62. The molecule has 0 aromatic carbocycles. The molecule has 9 nitrogen and oxygen atoms in total. The Morgan fingerprint density at radius 3 is 0.909 bits per heavy atom. The van der Waals surface area contributed by atoms with Crippen LogP contribution in [0.25, 0.3) is 0 Å². The van der Waals surface area contributed by atoms with Gasteiger partial charge in [0.15, 0.2) is 6.10 Å². The van der Waals surface area contributed by atoms with Gasteiger partial charge in [-0.15, -0.1) is 0 Å². The second-order valence-electron chi connectivity index (χ2n) is 23.8. The maximum Gasteiger partial charge on any atom is 0.306 e. The van der Waals surface area contributed by atoms with E-state index in [1.54, 1.807) is 0 Å². The highest BCUT2D eigenvalue weighted by atomic mass is 31.2. The molecule has 0 amide bonds. The molecule has 10 heteroatoms. The van der Waals surface area contributed by atoms with Crippen LogP contribution in [0.3, 0.4) is 0 Å². The molecule has 0 radical (unpaired) electrons. The maximum absolute atomic E-state index is 12.9. The van der Waals surface area contributed by atoms with E-state index in [2.05, 4.69) is 184 Å². The number of quaternary nitrogens is 1. The number of unbranched alkanes of at least 4 members (excludes halogenated alkanes) is 20. The zero-order chi connectivity index (χ0) is 64.1. The summed E-state index contributed by atoms with van der Waals surface area (Å²) in [4.78, 5) is 38.1. The number of carbonyl (C=O) groups is 2. The lowest BCUT2D eigenvalue weighted by molar-refractivity contribution is -0.870. The predicted octanol–water partition coefficient (Wildman–Crippen LogP) is 22.3. The average molecular weight is 1240 g/mol. The summed E-state index contributed by atoms with van der Waals surface area (Å²) in [6.07, 6.45) is 101. The van der Waals surface area contributed by atoms with Crippen LogP contribution in [0.15, 0.2) is 170 Å². The zero-order valence-electron chi connectivity index (χ0n) is 56.6. The van der Waals surface area contributed by atoms with Gasteiger partial charge in [0.1, 0.15) is 19.8 Å². The van der Waals surface area contributed by atoms with Crippen molar-refractivity contribution in [2.45, 2.75) is 264 Å². The maximum atomic E-state index is 12.9. The number of allylic oxidation sites excluding steroid dienone is 28. The summed E-state index contributed by atoms with van der Waals surface area (Å²) < 4.78 is 34.3. The minimum atomic E-state index is -4.66. The van der Waals surface area contributed by atoms with Crippen LogP contribution in [0.1, 0.15) is 258 Å². The molecule has 88 heavy (non-hydrogen) atoms. The summed E-state index contributed by atoms with van der Waals surface area (Å²) >= 11 is 0. The summed E-state index contributed by atoms with van der Waals surface area (Å²) in [5.74, 6) is -0.856. The molecular weight excluding hydrogens is 1110 g/mol. The number of carbonyl (C=O) groups excluding carboxylic acids is 2. The molecule has 498 valence electrons. The Morgan fingerprint density at radius 1 is 0.352 bits per heavy atom. The number of hydrogen-bond donors (Lipinski definition) is 0. The van der Waals surface area contributed by atoms with Crippen LogP contribution in [0, 0.1) is 0 Å². The second-order valence-corrected chi connectivity index (χ2v) is 25.2. The molecule has 0 fully saturated rings. The quantitative estimate of drug-likeness (QED) is 0.0195. The Morgan fingerprint density at radius 2 is 0.614 bits per heavy atom.